The zero-order valence-electron chi connectivity index (χ0n) is 15.4. The molecular formula is C21H22Cl2N2O2. The Bertz CT molecular complexity index is 861. The van der Waals surface area contributed by atoms with Gasteiger partial charge in [0.1, 0.15) is 0 Å². The first-order valence-electron chi connectivity index (χ1n) is 9.21. The van der Waals surface area contributed by atoms with Gasteiger partial charge >= 0.3 is 0 Å². The van der Waals surface area contributed by atoms with Gasteiger partial charge in [-0.05, 0) is 42.8 Å². The standard InChI is InChI=1S/C19H16Cl2N2O2.C2H6/c20-14-6-7-15(21)18-17(14)13(19(25)22-18)10-16(24)11-2-4-12(5-3-11)23-8-1-9-23;1-2/h2-7,13H,1,8-10H2,(H,22,25);1-2H3. The lowest BCUT2D eigenvalue weighted by Gasteiger charge is -2.33. The summed E-state index contributed by atoms with van der Waals surface area (Å²) in [5, 5.41) is 3.62. The Labute approximate surface area is 169 Å². The molecule has 1 unspecified atom stereocenters. The maximum atomic E-state index is 12.6. The van der Waals surface area contributed by atoms with Crippen LogP contribution in [0, 0.1) is 0 Å². The molecule has 1 N–H and O–H groups in total. The molecule has 2 aromatic carbocycles. The van der Waals surface area contributed by atoms with Crippen LogP contribution < -0.4 is 10.2 Å². The molecule has 0 aliphatic carbocycles. The van der Waals surface area contributed by atoms with E-state index in [0.717, 1.165) is 18.8 Å². The molecule has 0 aromatic heterocycles. The molecule has 2 aliphatic rings. The van der Waals surface area contributed by atoms with Crippen molar-refractivity contribution in [2.24, 2.45) is 0 Å². The fraction of sp³-hybridized carbons (Fsp3) is 0.333. The molecule has 1 saturated heterocycles. The highest BCUT2D eigenvalue weighted by atomic mass is 35.5. The van der Waals surface area contributed by atoms with E-state index in [2.05, 4.69) is 10.2 Å². The van der Waals surface area contributed by atoms with E-state index in [1.165, 1.54) is 6.42 Å². The van der Waals surface area contributed by atoms with E-state index in [4.69, 9.17) is 23.2 Å². The van der Waals surface area contributed by atoms with Crippen LogP contribution in [-0.2, 0) is 4.79 Å². The van der Waals surface area contributed by atoms with Crippen molar-refractivity contribution < 1.29 is 9.59 Å². The summed E-state index contributed by atoms with van der Waals surface area (Å²) in [5.41, 5.74) is 2.86. The summed E-state index contributed by atoms with van der Waals surface area (Å²) in [6, 6.07) is 10.9. The van der Waals surface area contributed by atoms with Crippen LogP contribution in [-0.4, -0.2) is 24.8 Å². The molecule has 1 amide bonds. The zero-order valence-corrected chi connectivity index (χ0v) is 16.9. The first kappa shape index (κ1) is 19.7. The largest absolute Gasteiger partial charge is 0.371 e. The van der Waals surface area contributed by atoms with Crippen LogP contribution in [0.25, 0.3) is 0 Å². The van der Waals surface area contributed by atoms with Gasteiger partial charge in [-0.25, -0.2) is 0 Å². The maximum absolute atomic E-state index is 12.6. The molecule has 6 heteroatoms. The second-order valence-electron chi connectivity index (χ2n) is 6.37. The van der Waals surface area contributed by atoms with Gasteiger partial charge < -0.3 is 10.2 Å². The monoisotopic (exact) mass is 404 g/mol. The average Bonchev–Trinajstić information content (AvgIpc) is 2.97. The number of ketones is 1. The maximum Gasteiger partial charge on any atom is 0.232 e. The van der Waals surface area contributed by atoms with Crippen LogP contribution in [0.1, 0.15) is 48.5 Å². The van der Waals surface area contributed by atoms with Crippen LogP contribution in [0.4, 0.5) is 11.4 Å². The number of hydrogen-bond donors (Lipinski definition) is 1. The average molecular weight is 405 g/mol. The topological polar surface area (TPSA) is 49.4 Å². The third kappa shape index (κ3) is 3.83. The van der Waals surface area contributed by atoms with Gasteiger partial charge in [0.25, 0.3) is 0 Å². The Morgan fingerprint density at radius 3 is 2.30 bits per heavy atom. The molecule has 1 atom stereocenters. The normalized spacial score (nSPS) is 17.4. The molecule has 2 aromatic rings. The second kappa shape index (κ2) is 8.32. The van der Waals surface area contributed by atoms with Crippen molar-refractivity contribution >= 4 is 46.3 Å². The lowest BCUT2D eigenvalue weighted by Crippen LogP contribution is -2.36. The van der Waals surface area contributed by atoms with Crippen molar-refractivity contribution in [3.05, 3.63) is 57.6 Å². The van der Waals surface area contributed by atoms with Gasteiger partial charge in [-0.2, -0.15) is 0 Å². The van der Waals surface area contributed by atoms with Crippen LogP contribution in [0.15, 0.2) is 36.4 Å². The number of nitrogens with zero attached hydrogens (tertiary/aromatic N) is 1. The molecule has 2 aliphatic heterocycles. The third-order valence-electron chi connectivity index (χ3n) is 4.85. The summed E-state index contributed by atoms with van der Waals surface area (Å²) >= 11 is 12.4. The van der Waals surface area contributed by atoms with Gasteiger partial charge in [0.2, 0.25) is 5.91 Å². The molecule has 2 heterocycles. The number of hydrogen-bond acceptors (Lipinski definition) is 3. The first-order valence-corrected chi connectivity index (χ1v) is 9.97. The lowest BCUT2D eigenvalue weighted by atomic mass is 9.92. The number of carbonyl (C=O) groups is 2. The number of halogens is 2. The third-order valence-corrected chi connectivity index (χ3v) is 5.50. The Morgan fingerprint density at radius 2 is 1.70 bits per heavy atom. The van der Waals surface area contributed by atoms with E-state index in [9.17, 15) is 9.59 Å². The molecule has 27 heavy (non-hydrogen) atoms. The van der Waals surface area contributed by atoms with Gasteiger partial charge in [0.15, 0.2) is 5.78 Å². The van der Waals surface area contributed by atoms with E-state index in [1.54, 1.807) is 12.1 Å². The predicted octanol–water partition coefficient (Wildman–Crippen LogP) is 5.54. The second-order valence-corrected chi connectivity index (χ2v) is 7.19. The van der Waals surface area contributed by atoms with Gasteiger partial charge in [-0.15, -0.1) is 0 Å². The van der Waals surface area contributed by atoms with Crippen molar-refractivity contribution in [3.63, 3.8) is 0 Å². The van der Waals surface area contributed by atoms with Gasteiger partial charge in [-0.1, -0.05) is 37.0 Å². The van der Waals surface area contributed by atoms with Gasteiger partial charge in [0, 0.05) is 41.3 Å². The first-order chi connectivity index (χ1) is 13.0. The summed E-state index contributed by atoms with van der Waals surface area (Å²) in [6.45, 7) is 6.12. The van der Waals surface area contributed by atoms with Crippen molar-refractivity contribution in [1.82, 2.24) is 0 Å². The molecule has 4 rings (SSSR count). The minimum Gasteiger partial charge on any atom is -0.371 e. The van der Waals surface area contributed by atoms with E-state index >= 15 is 0 Å². The molecule has 0 spiro atoms. The minimum absolute atomic E-state index is 0.0714. The Morgan fingerprint density at radius 1 is 1.07 bits per heavy atom. The van der Waals surface area contributed by atoms with E-state index in [-0.39, 0.29) is 18.1 Å². The predicted molar refractivity (Wildman–Crippen MR) is 111 cm³/mol. The number of rotatable bonds is 4. The molecule has 142 valence electrons. The number of fused-ring (bicyclic) bond motifs is 1. The van der Waals surface area contributed by atoms with Crippen LogP contribution in [0.5, 0.6) is 0 Å². The van der Waals surface area contributed by atoms with Gasteiger partial charge in [0.05, 0.1) is 16.6 Å². The lowest BCUT2D eigenvalue weighted by molar-refractivity contribution is -0.117. The fourth-order valence-corrected chi connectivity index (χ4v) is 3.81. The summed E-state index contributed by atoms with van der Waals surface area (Å²) < 4.78 is 0. The molecule has 0 saturated carbocycles. The molecule has 4 nitrogen and oxygen atoms in total. The molecular weight excluding hydrogens is 383 g/mol. The summed E-state index contributed by atoms with van der Waals surface area (Å²) in [4.78, 5) is 27.2. The summed E-state index contributed by atoms with van der Waals surface area (Å²) in [5.74, 6) is -0.932. The molecule has 1 fully saturated rings. The van der Waals surface area contributed by atoms with Gasteiger partial charge in [-0.3, -0.25) is 9.59 Å². The van der Waals surface area contributed by atoms with E-state index in [1.807, 2.05) is 38.1 Å². The highest BCUT2D eigenvalue weighted by Gasteiger charge is 2.35. The van der Waals surface area contributed by atoms with Crippen molar-refractivity contribution in [3.8, 4) is 0 Å². The summed E-state index contributed by atoms with van der Waals surface area (Å²) in [7, 11) is 0. The highest BCUT2D eigenvalue weighted by molar-refractivity contribution is 6.38. The van der Waals surface area contributed by atoms with Crippen molar-refractivity contribution in [1.29, 1.82) is 0 Å². The number of anilines is 2. The minimum atomic E-state index is -0.608. The Kier molecular flexibility index (Phi) is 6.08. The van der Waals surface area contributed by atoms with Crippen LogP contribution in [0.2, 0.25) is 10.0 Å². The van der Waals surface area contributed by atoms with E-state index in [0.29, 0.717) is 26.9 Å². The van der Waals surface area contributed by atoms with Crippen molar-refractivity contribution in [2.45, 2.75) is 32.6 Å². The number of Topliss-reactive ketones (excluding diaryl/α,β-unsaturated/α-hetero) is 1. The zero-order chi connectivity index (χ0) is 19.6. The molecule has 0 radical (unpaired) electrons. The number of nitrogens with one attached hydrogen (secondary N) is 1. The SMILES string of the molecule is CC.O=C(CC1C(=O)Nc2c(Cl)ccc(Cl)c21)c1ccc(N2CCC2)cc1. The number of amides is 1. The van der Waals surface area contributed by atoms with Crippen LogP contribution in [0.3, 0.4) is 0 Å². The van der Waals surface area contributed by atoms with E-state index < -0.39 is 5.92 Å². The molecule has 0 bridgehead atoms. The van der Waals surface area contributed by atoms with Crippen molar-refractivity contribution in [2.75, 3.05) is 23.3 Å². The number of carbonyl (C=O) groups excluding carboxylic acids is 2. The Hall–Kier alpha value is -2.04. The Balaban J connectivity index is 0.00000102. The number of benzene rings is 2. The summed E-state index contributed by atoms with van der Waals surface area (Å²) in [6.07, 6.45) is 1.28. The smallest absolute Gasteiger partial charge is 0.232 e. The highest BCUT2D eigenvalue weighted by Crippen LogP contribution is 2.43. The quantitative estimate of drug-likeness (QED) is 0.680. The fourth-order valence-electron chi connectivity index (χ4n) is 3.31. The van der Waals surface area contributed by atoms with Crippen LogP contribution >= 0.6 is 23.2 Å².